The van der Waals surface area contributed by atoms with E-state index in [4.69, 9.17) is 14.2 Å². The monoisotopic (exact) mass is 295 g/mol. The number of aldehydes is 1. The minimum atomic E-state index is -0.274. The molecule has 0 fully saturated rings. The lowest BCUT2D eigenvalue weighted by Crippen LogP contribution is -2.31. The predicted molar refractivity (Wildman–Crippen MR) is 78.0 cm³/mol. The van der Waals surface area contributed by atoms with Gasteiger partial charge in [-0.15, -0.1) is 0 Å². The van der Waals surface area contributed by atoms with E-state index < -0.39 is 0 Å². The van der Waals surface area contributed by atoms with Crippen LogP contribution in [0.3, 0.4) is 0 Å². The van der Waals surface area contributed by atoms with Gasteiger partial charge in [-0.05, 0) is 18.6 Å². The summed E-state index contributed by atoms with van der Waals surface area (Å²) in [5, 5.41) is 2.63. The van der Waals surface area contributed by atoms with E-state index in [-0.39, 0.29) is 12.5 Å². The maximum Gasteiger partial charge on any atom is 0.258 e. The third-order valence-corrected chi connectivity index (χ3v) is 2.57. The number of hydrogen-bond acceptors (Lipinski definition) is 5. The molecule has 1 aromatic carbocycles. The van der Waals surface area contributed by atoms with Crippen molar-refractivity contribution in [1.82, 2.24) is 5.32 Å². The van der Waals surface area contributed by atoms with Gasteiger partial charge in [-0.25, -0.2) is 0 Å². The van der Waals surface area contributed by atoms with Crippen LogP contribution in [0, 0.1) is 0 Å². The minimum Gasteiger partial charge on any atom is -0.493 e. The van der Waals surface area contributed by atoms with Crippen molar-refractivity contribution in [3.63, 3.8) is 0 Å². The molecule has 0 heterocycles. The molecule has 0 saturated heterocycles. The molecule has 0 saturated carbocycles. The van der Waals surface area contributed by atoms with Crippen LogP contribution in [0.25, 0.3) is 0 Å². The first kappa shape index (κ1) is 17.0. The lowest BCUT2D eigenvalue weighted by molar-refractivity contribution is -0.123. The van der Waals surface area contributed by atoms with Crippen molar-refractivity contribution in [2.45, 2.75) is 13.3 Å². The Morgan fingerprint density at radius 2 is 2.10 bits per heavy atom. The van der Waals surface area contributed by atoms with E-state index in [1.54, 1.807) is 25.3 Å². The fraction of sp³-hybridized carbons (Fsp3) is 0.467. The van der Waals surface area contributed by atoms with Gasteiger partial charge in [0.2, 0.25) is 0 Å². The number of methoxy groups -OCH3 is 1. The molecule has 0 aliphatic heterocycles. The molecule has 0 spiro atoms. The standard InChI is InChI=1S/C15H21NO5/c1-3-7-20-13-5-4-12(10-17)14(9-13)21-11-15(18)16-6-8-19-2/h4-5,9-10H,3,6-8,11H2,1-2H3,(H,16,18). The average Bonchev–Trinajstić information content (AvgIpc) is 2.51. The fourth-order valence-corrected chi connectivity index (χ4v) is 1.53. The molecule has 6 heteroatoms. The van der Waals surface area contributed by atoms with E-state index in [1.807, 2.05) is 6.92 Å². The molecule has 21 heavy (non-hydrogen) atoms. The van der Waals surface area contributed by atoms with E-state index >= 15 is 0 Å². The number of nitrogens with one attached hydrogen (secondary N) is 1. The van der Waals surface area contributed by atoms with Crippen molar-refractivity contribution in [2.75, 3.05) is 33.5 Å². The van der Waals surface area contributed by atoms with Crippen LogP contribution in [-0.4, -0.2) is 45.7 Å². The number of benzene rings is 1. The summed E-state index contributed by atoms with van der Waals surface area (Å²) < 4.78 is 15.7. The van der Waals surface area contributed by atoms with Crippen molar-refractivity contribution in [1.29, 1.82) is 0 Å². The van der Waals surface area contributed by atoms with Crippen LogP contribution in [0.2, 0.25) is 0 Å². The number of ether oxygens (including phenoxy) is 3. The molecule has 0 radical (unpaired) electrons. The quantitative estimate of drug-likeness (QED) is 0.522. The number of rotatable bonds is 10. The summed E-state index contributed by atoms with van der Waals surface area (Å²) >= 11 is 0. The SMILES string of the molecule is CCCOc1ccc(C=O)c(OCC(=O)NCCOC)c1. The molecular weight excluding hydrogens is 274 g/mol. The van der Waals surface area contributed by atoms with Gasteiger partial charge in [0.05, 0.1) is 18.8 Å². The minimum absolute atomic E-state index is 0.165. The normalized spacial score (nSPS) is 10.0. The Hall–Kier alpha value is -2.08. The van der Waals surface area contributed by atoms with Gasteiger partial charge in [-0.1, -0.05) is 6.92 Å². The first-order valence-electron chi connectivity index (χ1n) is 6.81. The summed E-state index contributed by atoms with van der Waals surface area (Å²) in [5.74, 6) is 0.668. The van der Waals surface area contributed by atoms with Crippen LogP contribution in [0.1, 0.15) is 23.7 Å². The number of amides is 1. The van der Waals surface area contributed by atoms with Gasteiger partial charge in [-0.2, -0.15) is 0 Å². The topological polar surface area (TPSA) is 73.9 Å². The second-order valence-electron chi connectivity index (χ2n) is 4.30. The van der Waals surface area contributed by atoms with Crippen LogP contribution in [0.15, 0.2) is 18.2 Å². The highest BCUT2D eigenvalue weighted by Gasteiger charge is 2.08. The number of hydrogen-bond donors (Lipinski definition) is 1. The Kier molecular flexibility index (Phi) is 7.89. The number of carbonyl (C=O) groups is 2. The van der Waals surface area contributed by atoms with Gasteiger partial charge < -0.3 is 19.5 Å². The largest absolute Gasteiger partial charge is 0.493 e. The highest BCUT2D eigenvalue weighted by atomic mass is 16.5. The molecule has 116 valence electrons. The molecule has 1 amide bonds. The van der Waals surface area contributed by atoms with Gasteiger partial charge in [-0.3, -0.25) is 9.59 Å². The summed E-state index contributed by atoms with van der Waals surface area (Å²) in [5.41, 5.74) is 0.378. The highest BCUT2D eigenvalue weighted by molar-refractivity contribution is 5.81. The van der Waals surface area contributed by atoms with E-state index in [1.165, 1.54) is 0 Å². The Morgan fingerprint density at radius 3 is 2.76 bits per heavy atom. The van der Waals surface area contributed by atoms with Crippen molar-refractivity contribution in [3.05, 3.63) is 23.8 Å². The highest BCUT2D eigenvalue weighted by Crippen LogP contribution is 2.23. The second-order valence-corrected chi connectivity index (χ2v) is 4.30. The maximum absolute atomic E-state index is 11.5. The maximum atomic E-state index is 11.5. The first-order valence-corrected chi connectivity index (χ1v) is 6.81. The molecule has 0 atom stereocenters. The third kappa shape index (κ3) is 6.27. The van der Waals surface area contributed by atoms with Crippen molar-refractivity contribution >= 4 is 12.2 Å². The smallest absolute Gasteiger partial charge is 0.258 e. The summed E-state index contributed by atoms with van der Waals surface area (Å²) in [7, 11) is 1.56. The molecule has 0 aliphatic rings. The molecule has 0 aliphatic carbocycles. The fourth-order valence-electron chi connectivity index (χ4n) is 1.53. The molecule has 1 rings (SSSR count). The van der Waals surface area contributed by atoms with Crippen molar-refractivity contribution in [3.8, 4) is 11.5 Å². The zero-order valence-corrected chi connectivity index (χ0v) is 12.4. The van der Waals surface area contributed by atoms with Crippen LogP contribution in [-0.2, 0) is 9.53 Å². The molecule has 0 bridgehead atoms. The molecule has 0 aromatic heterocycles. The molecule has 1 N–H and O–H groups in total. The Balaban J connectivity index is 2.58. The molecule has 0 unspecified atom stereocenters. The Labute approximate surface area is 124 Å². The van der Waals surface area contributed by atoms with E-state index in [0.717, 1.165) is 6.42 Å². The lowest BCUT2D eigenvalue weighted by atomic mass is 10.2. The molecule has 1 aromatic rings. The van der Waals surface area contributed by atoms with Gasteiger partial charge in [0, 0.05) is 19.7 Å². The zero-order valence-electron chi connectivity index (χ0n) is 12.4. The van der Waals surface area contributed by atoms with E-state index in [0.29, 0.717) is 43.1 Å². The van der Waals surface area contributed by atoms with Crippen LogP contribution >= 0.6 is 0 Å². The van der Waals surface area contributed by atoms with Crippen LogP contribution < -0.4 is 14.8 Å². The van der Waals surface area contributed by atoms with Gasteiger partial charge in [0.1, 0.15) is 11.5 Å². The third-order valence-electron chi connectivity index (χ3n) is 2.57. The van der Waals surface area contributed by atoms with Crippen molar-refractivity contribution < 1.29 is 23.8 Å². The van der Waals surface area contributed by atoms with E-state index in [2.05, 4.69) is 5.32 Å². The second kappa shape index (κ2) is 9.77. The summed E-state index contributed by atoms with van der Waals surface area (Å²) in [6.07, 6.45) is 1.56. The van der Waals surface area contributed by atoms with E-state index in [9.17, 15) is 9.59 Å². The average molecular weight is 295 g/mol. The van der Waals surface area contributed by atoms with Gasteiger partial charge in [0.25, 0.3) is 5.91 Å². The summed E-state index contributed by atoms with van der Waals surface area (Å²) in [6, 6.07) is 4.92. The molecule has 6 nitrogen and oxygen atoms in total. The zero-order chi connectivity index (χ0) is 15.5. The molecular formula is C15H21NO5. The van der Waals surface area contributed by atoms with Crippen molar-refractivity contribution in [2.24, 2.45) is 0 Å². The first-order chi connectivity index (χ1) is 10.2. The Bertz CT molecular complexity index is 461. The Morgan fingerprint density at radius 1 is 1.29 bits per heavy atom. The van der Waals surface area contributed by atoms with Crippen LogP contribution in [0.4, 0.5) is 0 Å². The summed E-state index contributed by atoms with van der Waals surface area (Å²) in [6.45, 7) is 3.27. The summed E-state index contributed by atoms with van der Waals surface area (Å²) in [4.78, 5) is 22.5. The number of carbonyl (C=O) groups excluding carboxylic acids is 2. The van der Waals surface area contributed by atoms with Crippen LogP contribution in [0.5, 0.6) is 11.5 Å². The van der Waals surface area contributed by atoms with Gasteiger partial charge in [0.15, 0.2) is 12.9 Å². The van der Waals surface area contributed by atoms with Gasteiger partial charge >= 0.3 is 0 Å². The lowest BCUT2D eigenvalue weighted by Gasteiger charge is -2.11. The predicted octanol–water partition coefficient (Wildman–Crippen LogP) is 1.43.